The Kier molecular flexibility index (Phi) is 3.70. The zero-order valence-electron chi connectivity index (χ0n) is 7.22. The van der Waals surface area contributed by atoms with E-state index in [0.29, 0.717) is 10.0 Å². The molecule has 0 unspecified atom stereocenters. The van der Waals surface area contributed by atoms with Crippen molar-refractivity contribution in [1.29, 1.82) is 5.53 Å². The van der Waals surface area contributed by atoms with Crippen molar-refractivity contribution in [3.05, 3.63) is 33.8 Å². The summed E-state index contributed by atoms with van der Waals surface area (Å²) in [6.07, 6.45) is 0.793. The van der Waals surface area contributed by atoms with Gasteiger partial charge in [0.1, 0.15) is 0 Å². The fourth-order valence-electron chi connectivity index (χ4n) is 1.12. The number of hydrogen-bond donors (Lipinski definition) is 1. The third kappa shape index (κ3) is 2.42. The van der Waals surface area contributed by atoms with Gasteiger partial charge in [0.25, 0.3) is 0 Å². The van der Waals surface area contributed by atoms with Crippen LogP contribution in [0.15, 0.2) is 23.3 Å². The van der Waals surface area contributed by atoms with Crippen LogP contribution in [-0.4, -0.2) is 0 Å². The van der Waals surface area contributed by atoms with Gasteiger partial charge in [0.05, 0.1) is 16.1 Å². The Labute approximate surface area is 87.4 Å². The second kappa shape index (κ2) is 4.58. The molecule has 0 fully saturated rings. The van der Waals surface area contributed by atoms with E-state index in [1.807, 2.05) is 13.0 Å². The van der Waals surface area contributed by atoms with E-state index in [9.17, 15) is 0 Å². The number of rotatable bonds is 3. The summed E-state index contributed by atoms with van der Waals surface area (Å²) in [6.45, 7) is 1.98. The van der Waals surface area contributed by atoms with Crippen LogP contribution in [0.4, 0.5) is 0 Å². The third-order valence-corrected chi connectivity index (χ3v) is 2.61. The smallest absolute Gasteiger partial charge is 0.0953 e. The molecule has 0 heterocycles. The first kappa shape index (κ1) is 10.5. The third-order valence-electron chi connectivity index (χ3n) is 1.87. The van der Waals surface area contributed by atoms with Crippen molar-refractivity contribution < 1.29 is 0 Å². The molecule has 0 bridgehead atoms. The van der Waals surface area contributed by atoms with Crippen molar-refractivity contribution >= 4 is 23.2 Å². The summed E-state index contributed by atoms with van der Waals surface area (Å²) in [5.74, 6) is 0. The summed E-state index contributed by atoms with van der Waals surface area (Å²) in [6, 6.07) is 5.23. The fourth-order valence-corrected chi connectivity index (χ4v) is 1.43. The maximum atomic E-state index is 6.97. The molecule has 70 valence electrons. The molecule has 1 aromatic rings. The highest BCUT2D eigenvalue weighted by Crippen LogP contribution is 2.28. The van der Waals surface area contributed by atoms with Gasteiger partial charge >= 0.3 is 0 Å². The van der Waals surface area contributed by atoms with Crippen molar-refractivity contribution in [2.75, 3.05) is 0 Å². The van der Waals surface area contributed by atoms with Gasteiger partial charge in [-0.3, -0.25) is 0 Å². The molecule has 0 amide bonds. The molecule has 1 rings (SSSR count). The zero-order valence-corrected chi connectivity index (χ0v) is 8.73. The molecule has 0 aliphatic heterocycles. The summed E-state index contributed by atoms with van der Waals surface area (Å²) in [5, 5.41) is 4.54. The quantitative estimate of drug-likeness (QED) is 0.725. The molecule has 0 aromatic heterocycles. The summed E-state index contributed by atoms with van der Waals surface area (Å²) in [5.41, 5.74) is 7.91. The van der Waals surface area contributed by atoms with Crippen molar-refractivity contribution in [3.63, 3.8) is 0 Å². The van der Waals surface area contributed by atoms with Crippen LogP contribution in [0.5, 0.6) is 0 Å². The Balaban J connectivity index is 3.01. The molecule has 0 radical (unpaired) electrons. The first-order chi connectivity index (χ1) is 6.19. The normalized spacial score (nSPS) is 12.5. The fraction of sp³-hybridized carbons (Fsp3) is 0.333. The van der Waals surface area contributed by atoms with Gasteiger partial charge in [0, 0.05) is 0 Å². The average molecular weight is 217 g/mol. The Morgan fingerprint density at radius 1 is 1.38 bits per heavy atom. The molecule has 0 saturated carbocycles. The van der Waals surface area contributed by atoms with Gasteiger partial charge in [-0.05, 0) is 24.1 Å². The van der Waals surface area contributed by atoms with Crippen LogP contribution >= 0.6 is 23.2 Å². The first-order valence-electron chi connectivity index (χ1n) is 4.00. The molecule has 0 saturated heterocycles. The predicted molar refractivity (Wildman–Crippen MR) is 54.6 cm³/mol. The molecule has 1 atom stereocenters. The van der Waals surface area contributed by atoms with Gasteiger partial charge < -0.3 is 0 Å². The topological polar surface area (TPSA) is 36.2 Å². The van der Waals surface area contributed by atoms with Crippen molar-refractivity contribution in [2.24, 2.45) is 5.11 Å². The van der Waals surface area contributed by atoms with Crippen LogP contribution in [0.2, 0.25) is 10.0 Å². The van der Waals surface area contributed by atoms with Crippen molar-refractivity contribution in [1.82, 2.24) is 0 Å². The molecular weight excluding hydrogens is 207 g/mol. The van der Waals surface area contributed by atoms with Crippen molar-refractivity contribution in [3.8, 4) is 0 Å². The summed E-state index contributed by atoms with van der Waals surface area (Å²) < 4.78 is 0. The molecule has 1 aromatic carbocycles. The van der Waals surface area contributed by atoms with Gasteiger partial charge in [0.15, 0.2) is 0 Å². The first-order valence-corrected chi connectivity index (χ1v) is 4.76. The standard InChI is InChI=1S/C9H10Cl2N2/c1-2-9(13-12)6-3-4-7(10)8(11)5-6/h3-5,9,12H,2H2,1H3/t9-/m0/s1. The highest BCUT2D eigenvalue weighted by Gasteiger charge is 2.08. The lowest BCUT2D eigenvalue weighted by Crippen LogP contribution is -1.91. The molecule has 2 nitrogen and oxygen atoms in total. The number of benzene rings is 1. The molecular formula is C9H10Cl2N2. The average Bonchev–Trinajstić information content (AvgIpc) is 2.13. The van der Waals surface area contributed by atoms with E-state index in [2.05, 4.69) is 5.11 Å². The monoisotopic (exact) mass is 216 g/mol. The summed E-state index contributed by atoms with van der Waals surface area (Å²) in [4.78, 5) is 0. The maximum absolute atomic E-state index is 6.97. The lowest BCUT2D eigenvalue weighted by Gasteiger charge is -2.08. The minimum Gasteiger partial charge on any atom is -0.209 e. The van der Waals surface area contributed by atoms with E-state index in [4.69, 9.17) is 28.7 Å². The van der Waals surface area contributed by atoms with Crippen LogP contribution in [-0.2, 0) is 0 Å². The lowest BCUT2D eigenvalue weighted by molar-refractivity contribution is 0.645. The van der Waals surface area contributed by atoms with Gasteiger partial charge in [-0.25, -0.2) is 5.53 Å². The highest BCUT2D eigenvalue weighted by molar-refractivity contribution is 6.42. The number of halogens is 2. The van der Waals surface area contributed by atoms with E-state index in [1.54, 1.807) is 12.1 Å². The second-order valence-electron chi connectivity index (χ2n) is 2.73. The molecule has 13 heavy (non-hydrogen) atoms. The molecule has 1 N–H and O–H groups in total. The number of hydrogen-bond acceptors (Lipinski definition) is 2. The molecule has 0 spiro atoms. The van der Waals surface area contributed by atoms with Gasteiger partial charge in [-0.2, -0.15) is 5.11 Å². The second-order valence-corrected chi connectivity index (χ2v) is 3.54. The minimum atomic E-state index is -0.102. The summed E-state index contributed by atoms with van der Waals surface area (Å²) >= 11 is 11.6. The Morgan fingerprint density at radius 3 is 2.54 bits per heavy atom. The van der Waals surface area contributed by atoms with Crippen LogP contribution in [0.25, 0.3) is 0 Å². The van der Waals surface area contributed by atoms with Gasteiger partial charge in [0.2, 0.25) is 0 Å². The van der Waals surface area contributed by atoms with Gasteiger partial charge in [-0.1, -0.05) is 36.2 Å². The van der Waals surface area contributed by atoms with Crippen LogP contribution in [0, 0.1) is 5.53 Å². The van der Waals surface area contributed by atoms with Gasteiger partial charge in [-0.15, -0.1) is 0 Å². The molecule has 0 aliphatic carbocycles. The SMILES string of the molecule is CC[C@H](N=N)c1ccc(Cl)c(Cl)c1. The molecule has 4 heteroatoms. The Hall–Kier alpha value is -0.600. The van der Waals surface area contributed by atoms with E-state index >= 15 is 0 Å². The maximum Gasteiger partial charge on any atom is 0.0953 e. The van der Waals surface area contributed by atoms with Crippen LogP contribution in [0.3, 0.4) is 0 Å². The minimum absolute atomic E-state index is 0.102. The lowest BCUT2D eigenvalue weighted by atomic mass is 10.1. The van der Waals surface area contributed by atoms with Crippen LogP contribution in [0.1, 0.15) is 24.9 Å². The predicted octanol–water partition coefficient (Wildman–Crippen LogP) is 4.48. The Bertz CT molecular complexity index is 312. The van der Waals surface area contributed by atoms with E-state index < -0.39 is 0 Å². The van der Waals surface area contributed by atoms with Crippen molar-refractivity contribution in [2.45, 2.75) is 19.4 Å². The summed E-state index contributed by atoms with van der Waals surface area (Å²) in [7, 11) is 0. The number of nitrogens with one attached hydrogen (secondary N) is 1. The van der Waals surface area contributed by atoms with E-state index in [1.165, 1.54) is 0 Å². The highest BCUT2D eigenvalue weighted by atomic mass is 35.5. The zero-order chi connectivity index (χ0) is 9.84. The van der Waals surface area contributed by atoms with E-state index in [-0.39, 0.29) is 6.04 Å². The Morgan fingerprint density at radius 2 is 2.08 bits per heavy atom. The van der Waals surface area contributed by atoms with Crippen LogP contribution < -0.4 is 0 Å². The van der Waals surface area contributed by atoms with E-state index in [0.717, 1.165) is 12.0 Å². The molecule has 0 aliphatic rings. The number of nitrogens with zero attached hydrogens (tertiary/aromatic N) is 1. The largest absolute Gasteiger partial charge is 0.209 e.